The third-order valence-electron chi connectivity index (χ3n) is 4.69. The maximum Gasteiger partial charge on any atom is 0.387 e. The van der Waals surface area contributed by atoms with Gasteiger partial charge in [0.1, 0.15) is 0 Å². The van der Waals surface area contributed by atoms with Crippen LogP contribution >= 0.6 is 0 Å². The van der Waals surface area contributed by atoms with Crippen molar-refractivity contribution >= 4 is 29.2 Å². The molecule has 0 bridgehead atoms. The molecule has 10 heteroatoms. The molecule has 31 heavy (non-hydrogen) atoms. The van der Waals surface area contributed by atoms with Gasteiger partial charge in [0.05, 0.1) is 25.5 Å². The Bertz CT molecular complexity index is 994. The lowest BCUT2D eigenvalue weighted by atomic mass is 10.1. The first-order chi connectivity index (χ1) is 14.8. The number of anilines is 2. The summed E-state index contributed by atoms with van der Waals surface area (Å²) in [6.07, 6.45) is 1.26. The number of esters is 1. The van der Waals surface area contributed by atoms with E-state index in [1.165, 1.54) is 19.2 Å². The van der Waals surface area contributed by atoms with Gasteiger partial charge in [0.15, 0.2) is 11.5 Å². The van der Waals surface area contributed by atoms with Gasteiger partial charge in [0, 0.05) is 36.3 Å². The fourth-order valence-corrected chi connectivity index (χ4v) is 3.20. The number of methoxy groups -OCH3 is 2. The van der Waals surface area contributed by atoms with E-state index in [1.807, 2.05) is 0 Å². The lowest BCUT2D eigenvalue weighted by Crippen LogP contribution is -2.23. The van der Waals surface area contributed by atoms with Gasteiger partial charge in [0.25, 0.3) is 5.91 Å². The molecule has 1 aliphatic rings. The summed E-state index contributed by atoms with van der Waals surface area (Å²) in [5.41, 5.74) is 0.713. The van der Waals surface area contributed by atoms with Crippen molar-refractivity contribution in [2.75, 3.05) is 31.0 Å². The van der Waals surface area contributed by atoms with Crippen LogP contribution in [0.15, 0.2) is 36.4 Å². The Kier molecular flexibility index (Phi) is 6.68. The highest BCUT2D eigenvalue weighted by molar-refractivity contribution is 6.08. The minimum absolute atomic E-state index is 0.0183. The Hall–Kier alpha value is -3.69. The second-order valence-electron chi connectivity index (χ2n) is 6.57. The minimum atomic E-state index is -3.14. The third-order valence-corrected chi connectivity index (χ3v) is 4.69. The van der Waals surface area contributed by atoms with Crippen molar-refractivity contribution in [2.45, 2.75) is 19.5 Å². The standard InChI is InChI=1S/C21H20F2N2O6/c1-29-16-10-14(20(28)30-2)15(11-17(16)31-21(22)23)24-19(27)12-5-7-13(8-6-12)25-9-3-4-18(25)26/h5-8,10-11,21H,3-4,9H2,1-2H3,(H,24,27). The number of carbonyl (C=O) groups excluding carboxylic acids is 3. The molecule has 0 unspecified atom stereocenters. The second-order valence-corrected chi connectivity index (χ2v) is 6.57. The number of rotatable bonds is 7. The average molecular weight is 434 g/mol. The Labute approximate surface area is 176 Å². The summed E-state index contributed by atoms with van der Waals surface area (Å²) in [6.45, 7) is -2.52. The Morgan fingerprint density at radius 1 is 1.10 bits per heavy atom. The molecule has 2 aromatic carbocycles. The third kappa shape index (κ3) is 4.90. The molecule has 1 saturated heterocycles. The molecule has 0 spiro atoms. The van der Waals surface area contributed by atoms with Crippen molar-refractivity contribution in [1.29, 1.82) is 0 Å². The number of amides is 2. The molecule has 3 rings (SSSR count). The first-order valence-corrected chi connectivity index (χ1v) is 9.31. The fourth-order valence-electron chi connectivity index (χ4n) is 3.20. The number of carbonyl (C=O) groups is 3. The maximum absolute atomic E-state index is 12.7. The molecule has 164 valence electrons. The van der Waals surface area contributed by atoms with E-state index in [2.05, 4.69) is 10.1 Å². The van der Waals surface area contributed by atoms with Crippen molar-refractivity contribution < 1.29 is 37.4 Å². The minimum Gasteiger partial charge on any atom is -0.493 e. The lowest BCUT2D eigenvalue weighted by Gasteiger charge is -2.17. The quantitative estimate of drug-likeness (QED) is 0.671. The second kappa shape index (κ2) is 9.41. The zero-order chi connectivity index (χ0) is 22.5. The Balaban J connectivity index is 1.88. The first kappa shape index (κ1) is 22.0. The van der Waals surface area contributed by atoms with Crippen molar-refractivity contribution in [3.05, 3.63) is 47.5 Å². The molecule has 1 aliphatic heterocycles. The van der Waals surface area contributed by atoms with E-state index in [1.54, 1.807) is 17.0 Å². The molecule has 0 radical (unpaired) electrons. The summed E-state index contributed by atoms with van der Waals surface area (Å²) >= 11 is 0. The molecule has 1 heterocycles. The van der Waals surface area contributed by atoms with Crippen LogP contribution in [0.25, 0.3) is 0 Å². The van der Waals surface area contributed by atoms with Gasteiger partial charge in [0.2, 0.25) is 5.91 Å². The van der Waals surface area contributed by atoms with Crippen LogP contribution in [0.2, 0.25) is 0 Å². The van der Waals surface area contributed by atoms with Crippen LogP contribution in [0.4, 0.5) is 20.2 Å². The maximum atomic E-state index is 12.7. The molecule has 2 amide bonds. The molecule has 0 aliphatic carbocycles. The van der Waals surface area contributed by atoms with Crippen molar-refractivity contribution in [3.63, 3.8) is 0 Å². The molecule has 0 aromatic heterocycles. The SMILES string of the molecule is COC(=O)c1cc(OC)c(OC(F)F)cc1NC(=O)c1ccc(N2CCCC2=O)cc1. The van der Waals surface area contributed by atoms with E-state index >= 15 is 0 Å². The number of nitrogens with one attached hydrogen (secondary N) is 1. The topological polar surface area (TPSA) is 94.2 Å². The average Bonchev–Trinajstić information content (AvgIpc) is 3.19. The van der Waals surface area contributed by atoms with Crippen LogP contribution in [0, 0.1) is 0 Å². The molecule has 0 saturated carbocycles. The predicted molar refractivity (Wildman–Crippen MR) is 107 cm³/mol. The number of ether oxygens (including phenoxy) is 3. The van der Waals surface area contributed by atoms with Gasteiger partial charge in [-0.15, -0.1) is 0 Å². The van der Waals surface area contributed by atoms with Gasteiger partial charge >= 0.3 is 12.6 Å². The summed E-state index contributed by atoms with van der Waals surface area (Å²) in [7, 11) is 2.36. The van der Waals surface area contributed by atoms with E-state index < -0.39 is 18.5 Å². The van der Waals surface area contributed by atoms with Crippen molar-refractivity contribution in [2.24, 2.45) is 0 Å². The Morgan fingerprint density at radius 2 is 1.81 bits per heavy atom. The zero-order valence-corrected chi connectivity index (χ0v) is 16.8. The van der Waals surface area contributed by atoms with Gasteiger partial charge < -0.3 is 24.4 Å². The van der Waals surface area contributed by atoms with Crippen LogP contribution in [-0.2, 0) is 9.53 Å². The van der Waals surface area contributed by atoms with Gasteiger partial charge in [-0.2, -0.15) is 8.78 Å². The van der Waals surface area contributed by atoms with Crippen LogP contribution < -0.4 is 19.7 Å². The summed E-state index contributed by atoms with van der Waals surface area (Å²) < 4.78 is 39.6. The fraction of sp³-hybridized carbons (Fsp3) is 0.286. The van der Waals surface area contributed by atoms with E-state index in [0.29, 0.717) is 18.7 Å². The van der Waals surface area contributed by atoms with E-state index in [0.717, 1.165) is 25.7 Å². The van der Waals surface area contributed by atoms with Crippen LogP contribution in [0.3, 0.4) is 0 Å². The van der Waals surface area contributed by atoms with Crippen LogP contribution in [0.5, 0.6) is 11.5 Å². The molecular weight excluding hydrogens is 414 g/mol. The highest BCUT2D eigenvalue weighted by Gasteiger charge is 2.23. The van der Waals surface area contributed by atoms with E-state index in [-0.39, 0.29) is 34.2 Å². The summed E-state index contributed by atoms with van der Waals surface area (Å²) in [5.74, 6) is -1.87. The molecule has 1 N–H and O–H groups in total. The molecule has 2 aromatic rings. The molecule has 0 atom stereocenters. The molecule has 1 fully saturated rings. The monoisotopic (exact) mass is 434 g/mol. The largest absolute Gasteiger partial charge is 0.493 e. The lowest BCUT2D eigenvalue weighted by molar-refractivity contribution is -0.117. The normalized spacial score (nSPS) is 13.3. The van der Waals surface area contributed by atoms with Crippen LogP contribution in [-0.4, -0.2) is 45.2 Å². The number of alkyl halides is 2. The summed E-state index contributed by atoms with van der Waals surface area (Å²) in [4.78, 5) is 38.3. The number of benzene rings is 2. The van der Waals surface area contributed by atoms with E-state index in [4.69, 9.17) is 9.47 Å². The zero-order valence-electron chi connectivity index (χ0n) is 16.8. The number of hydrogen-bond donors (Lipinski definition) is 1. The Morgan fingerprint density at radius 3 is 2.35 bits per heavy atom. The number of nitrogens with zero attached hydrogens (tertiary/aromatic N) is 1. The van der Waals surface area contributed by atoms with Gasteiger partial charge in [-0.3, -0.25) is 9.59 Å². The highest BCUT2D eigenvalue weighted by Crippen LogP contribution is 2.35. The van der Waals surface area contributed by atoms with Gasteiger partial charge in [-0.25, -0.2) is 4.79 Å². The summed E-state index contributed by atoms with van der Waals surface area (Å²) in [5, 5.41) is 2.50. The van der Waals surface area contributed by atoms with Gasteiger partial charge in [-0.1, -0.05) is 0 Å². The molecule has 8 nitrogen and oxygen atoms in total. The van der Waals surface area contributed by atoms with Crippen molar-refractivity contribution in [1.82, 2.24) is 0 Å². The number of halogens is 2. The van der Waals surface area contributed by atoms with Crippen molar-refractivity contribution in [3.8, 4) is 11.5 Å². The summed E-state index contributed by atoms with van der Waals surface area (Å²) in [6, 6.07) is 8.52. The molecular formula is C21H20F2N2O6. The van der Waals surface area contributed by atoms with Crippen LogP contribution in [0.1, 0.15) is 33.6 Å². The smallest absolute Gasteiger partial charge is 0.387 e. The predicted octanol–water partition coefficient (Wildman–Crippen LogP) is 3.46. The number of hydrogen-bond acceptors (Lipinski definition) is 6. The van der Waals surface area contributed by atoms with E-state index in [9.17, 15) is 23.2 Å². The first-order valence-electron chi connectivity index (χ1n) is 9.31. The van der Waals surface area contributed by atoms with Gasteiger partial charge in [-0.05, 0) is 30.7 Å². The highest BCUT2D eigenvalue weighted by atomic mass is 19.3.